The number of para-hydroxylation sites is 1. The van der Waals surface area contributed by atoms with E-state index in [1.165, 1.54) is 0 Å². The van der Waals surface area contributed by atoms with Crippen molar-refractivity contribution in [1.29, 1.82) is 0 Å². The number of nitrogens with zero attached hydrogens (tertiary/aromatic N) is 2. The third kappa shape index (κ3) is 3.75. The average molecular weight is 297 g/mol. The van der Waals surface area contributed by atoms with Crippen LogP contribution >= 0.6 is 0 Å². The molecule has 22 heavy (non-hydrogen) atoms. The normalized spacial score (nSPS) is 17.3. The zero-order valence-electron chi connectivity index (χ0n) is 12.3. The summed E-state index contributed by atoms with van der Waals surface area (Å²) in [6.07, 6.45) is 2.71. The Balaban J connectivity index is 1.45. The first-order valence-electron chi connectivity index (χ1n) is 7.44. The van der Waals surface area contributed by atoms with Gasteiger partial charge in [-0.15, -0.1) is 0 Å². The summed E-state index contributed by atoms with van der Waals surface area (Å²) in [5.74, 6) is 1.58. The van der Waals surface area contributed by atoms with Crippen molar-refractivity contribution in [2.75, 3.05) is 24.6 Å². The van der Waals surface area contributed by atoms with Gasteiger partial charge in [-0.1, -0.05) is 24.3 Å². The van der Waals surface area contributed by atoms with E-state index in [0.29, 0.717) is 5.75 Å². The molecule has 1 aromatic heterocycles. The average Bonchev–Trinajstić information content (AvgIpc) is 3.03. The van der Waals surface area contributed by atoms with Gasteiger partial charge in [0.05, 0.1) is 0 Å². The third-order valence-corrected chi connectivity index (χ3v) is 3.64. The minimum Gasteiger partial charge on any atom is -0.484 e. The van der Waals surface area contributed by atoms with Crippen LogP contribution in [0.3, 0.4) is 0 Å². The molecule has 1 atom stereocenters. The molecule has 0 unspecified atom stereocenters. The van der Waals surface area contributed by atoms with Crippen LogP contribution in [0.15, 0.2) is 54.7 Å². The Hall–Kier alpha value is -2.56. The molecule has 1 saturated heterocycles. The van der Waals surface area contributed by atoms with Gasteiger partial charge in [-0.2, -0.15) is 0 Å². The Bertz CT molecular complexity index is 604. The number of hydrogen-bond donors (Lipinski definition) is 1. The Morgan fingerprint density at radius 1 is 1.23 bits per heavy atom. The van der Waals surface area contributed by atoms with E-state index in [0.717, 1.165) is 25.3 Å². The highest BCUT2D eigenvalue weighted by atomic mass is 16.5. The molecule has 3 rings (SSSR count). The minimum absolute atomic E-state index is 0.0457. The molecule has 1 aliphatic heterocycles. The molecule has 0 bridgehead atoms. The van der Waals surface area contributed by atoms with Crippen molar-refractivity contribution < 1.29 is 9.53 Å². The van der Waals surface area contributed by atoms with Gasteiger partial charge in [-0.05, 0) is 30.7 Å². The summed E-state index contributed by atoms with van der Waals surface area (Å²) in [7, 11) is 0. The maximum atomic E-state index is 11.9. The number of ether oxygens (including phenoxy) is 1. The van der Waals surface area contributed by atoms with E-state index >= 15 is 0 Å². The van der Waals surface area contributed by atoms with Gasteiger partial charge in [0.25, 0.3) is 5.91 Å². The fraction of sp³-hybridized carbons (Fsp3) is 0.294. The smallest absolute Gasteiger partial charge is 0.258 e. The highest BCUT2D eigenvalue weighted by molar-refractivity contribution is 5.78. The van der Waals surface area contributed by atoms with Crippen LogP contribution in [0.1, 0.15) is 6.42 Å². The second-order valence-electron chi connectivity index (χ2n) is 5.29. The van der Waals surface area contributed by atoms with Crippen molar-refractivity contribution in [3.8, 4) is 5.75 Å². The van der Waals surface area contributed by atoms with Gasteiger partial charge in [0.15, 0.2) is 6.61 Å². The van der Waals surface area contributed by atoms with E-state index in [4.69, 9.17) is 4.74 Å². The lowest BCUT2D eigenvalue weighted by molar-refractivity contribution is -0.123. The van der Waals surface area contributed by atoms with E-state index in [-0.39, 0.29) is 18.6 Å². The van der Waals surface area contributed by atoms with Gasteiger partial charge in [0, 0.05) is 25.3 Å². The number of nitrogens with one attached hydrogen (secondary N) is 1. The molecule has 0 saturated carbocycles. The first-order chi connectivity index (χ1) is 10.8. The van der Waals surface area contributed by atoms with Crippen LogP contribution in [0, 0.1) is 0 Å². The number of amides is 1. The molecule has 2 heterocycles. The van der Waals surface area contributed by atoms with E-state index in [1.54, 1.807) is 6.20 Å². The number of carbonyl (C=O) groups excluding carboxylic acids is 1. The maximum Gasteiger partial charge on any atom is 0.258 e. The number of rotatable bonds is 5. The Labute approximate surface area is 129 Å². The fourth-order valence-electron chi connectivity index (χ4n) is 2.56. The van der Waals surface area contributed by atoms with Crippen LogP contribution in [-0.4, -0.2) is 36.6 Å². The van der Waals surface area contributed by atoms with Crippen LogP contribution in [0.5, 0.6) is 5.75 Å². The van der Waals surface area contributed by atoms with Crippen molar-refractivity contribution in [2.45, 2.75) is 12.5 Å². The van der Waals surface area contributed by atoms with Crippen LogP contribution in [-0.2, 0) is 4.79 Å². The van der Waals surface area contributed by atoms with Gasteiger partial charge < -0.3 is 15.0 Å². The van der Waals surface area contributed by atoms with Gasteiger partial charge in [0.2, 0.25) is 0 Å². The molecule has 5 nitrogen and oxygen atoms in total. The van der Waals surface area contributed by atoms with Crippen LogP contribution in [0.4, 0.5) is 5.82 Å². The number of benzene rings is 1. The molecule has 1 aromatic carbocycles. The quantitative estimate of drug-likeness (QED) is 0.915. The van der Waals surface area contributed by atoms with E-state index in [2.05, 4.69) is 15.2 Å². The van der Waals surface area contributed by atoms with Crippen LogP contribution < -0.4 is 15.0 Å². The number of carbonyl (C=O) groups is 1. The van der Waals surface area contributed by atoms with E-state index in [1.807, 2.05) is 48.5 Å². The molecule has 0 aliphatic carbocycles. The van der Waals surface area contributed by atoms with Gasteiger partial charge in [-0.3, -0.25) is 4.79 Å². The molecule has 5 heteroatoms. The summed E-state index contributed by atoms with van der Waals surface area (Å²) < 4.78 is 5.45. The summed E-state index contributed by atoms with van der Waals surface area (Å²) in [5.41, 5.74) is 0. The van der Waals surface area contributed by atoms with Crippen LogP contribution in [0.25, 0.3) is 0 Å². The summed E-state index contributed by atoms with van der Waals surface area (Å²) in [5, 5.41) is 3.02. The van der Waals surface area contributed by atoms with Crippen molar-refractivity contribution >= 4 is 11.7 Å². The fourth-order valence-corrected chi connectivity index (χ4v) is 2.56. The first kappa shape index (κ1) is 14.4. The lowest BCUT2D eigenvalue weighted by Crippen LogP contribution is -2.39. The summed E-state index contributed by atoms with van der Waals surface area (Å²) >= 11 is 0. The number of hydrogen-bond acceptors (Lipinski definition) is 4. The van der Waals surface area contributed by atoms with Crippen LogP contribution in [0.2, 0.25) is 0 Å². The van der Waals surface area contributed by atoms with Crippen molar-refractivity contribution in [2.24, 2.45) is 0 Å². The number of aromatic nitrogens is 1. The molecule has 1 N–H and O–H groups in total. The van der Waals surface area contributed by atoms with Crippen molar-refractivity contribution in [3.05, 3.63) is 54.7 Å². The molecule has 2 aromatic rings. The standard InChI is InChI=1S/C17H19N3O2/c21-17(13-22-15-6-2-1-3-7-15)19-14-9-11-20(12-14)16-8-4-5-10-18-16/h1-8,10,14H,9,11-13H2,(H,19,21)/t14-/m0/s1. The van der Waals surface area contributed by atoms with Crippen molar-refractivity contribution in [1.82, 2.24) is 10.3 Å². The summed E-state index contributed by atoms with van der Waals surface area (Å²) in [4.78, 5) is 18.5. The van der Waals surface area contributed by atoms with E-state index < -0.39 is 0 Å². The Kier molecular flexibility index (Phi) is 4.53. The first-order valence-corrected chi connectivity index (χ1v) is 7.44. The molecule has 1 aliphatic rings. The second-order valence-corrected chi connectivity index (χ2v) is 5.29. The monoisotopic (exact) mass is 297 g/mol. The molecule has 0 radical (unpaired) electrons. The number of anilines is 1. The highest BCUT2D eigenvalue weighted by Crippen LogP contribution is 2.17. The lowest BCUT2D eigenvalue weighted by atomic mass is 10.2. The largest absolute Gasteiger partial charge is 0.484 e. The SMILES string of the molecule is O=C(COc1ccccc1)N[C@H]1CCN(c2ccccn2)C1. The minimum atomic E-state index is -0.0864. The summed E-state index contributed by atoms with van der Waals surface area (Å²) in [6.45, 7) is 1.74. The van der Waals surface area contributed by atoms with Gasteiger partial charge in [0.1, 0.15) is 11.6 Å². The van der Waals surface area contributed by atoms with E-state index in [9.17, 15) is 4.79 Å². The summed E-state index contributed by atoms with van der Waals surface area (Å²) in [6, 6.07) is 15.4. The Morgan fingerprint density at radius 3 is 2.82 bits per heavy atom. The topological polar surface area (TPSA) is 54.5 Å². The lowest BCUT2D eigenvalue weighted by Gasteiger charge is -2.17. The maximum absolute atomic E-state index is 11.9. The Morgan fingerprint density at radius 2 is 2.05 bits per heavy atom. The van der Waals surface area contributed by atoms with Gasteiger partial charge in [-0.25, -0.2) is 4.98 Å². The predicted molar refractivity (Wildman–Crippen MR) is 84.9 cm³/mol. The highest BCUT2D eigenvalue weighted by Gasteiger charge is 2.24. The molecule has 0 spiro atoms. The molecule has 1 fully saturated rings. The zero-order chi connectivity index (χ0) is 15.2. The third-order valence-electron chi connectivity index (χ3n) is 3.64. The number of pyridine rings is 1. The predicted octanol–water partition coefficient (Wildman–Crippen LogP) is 1.86. The molecule has 114 valence electrons. The van der Waals surface area contributed by atoms with Crippen molar-refractivity contribution in [3.63, 3.8) is 0 Å². The second kappa shape index (κ2) is 6.93. The molecular weight excluding hydrogens is 278 g/mol. The molecule has 1 amide bonds. The zero-order valence-corrected chi connectivity index (χ0v) is 12.3. The van der Waals surface area contributed by atoms with Gasteiger partial charge >= 0.3 is 0 Å². The molecular formula is C17H19N3O2.